The molecular formula is C12H20N4O4S. The van der Waals surface area contributed by atoms with Gasteiger partial charge in [-0.1, -0.05) is 20.3 Å². The lowest BCUT2D eigenvalue weighted by molar-refractivity contribution is -0.384. The fourth-order valence-corrected chi connectivity index (χ4v) is 3.12. The minimum atomic E-state index is -3.80. The van der Waals surface area contributed by atoms with Crippen LogP contribution in [0.15, 0.2) is 17.0 Å². The van der Waals surface area contributed by atoms with E-state index in [0.717, 1.165) is 12.5 Å². The van der Waals surface area contributed by atoms with Crippen molar-refractivity contribution in [3.63, 3.8) is 0 Å². The zero-order valence-corrected chi connectivity index (χ0v) is 13.0. The van der Waals surface area contributed by atoms with Gasteiger partial charge in [0.05, 0.1) is 9.82 Å². The van der Waals surface area contributed by atoms with Crippen molar-refractivity contribution in [1.82, 2.24) is 4.72 Å². The van der Waals surface area contributed by atoms with Crippen LogP contribution in [0, 0.1) is 23.0 Å². The van der Waals surface area contributed by atoms with Crippen LogP contribution in [0.25, 0.3) is 0 Å². The Kier molecular flexibility index (Phi) is 5.64. The Balaban J connectivity index is 3.23. The Morgan fingerprint density at radius 1 is 1.43 bits per heavy atom. The number of nitro groups is 1. The molecule has 0 spiro atoms. The maximum atomic E-state index is 12.3. The molecule has 0 aliphatic heterocycles. The van der Waals surface area contributed by atoms with Crippen molar-refractivity contribution in [3.8, 4) is 0 Å². The first-order valence-corrected chi connectivity index (χ1v) is 7.96. The molecule has 9 heteroatoms. The molecule has 0 fully saturated rings. The van der Waals surface area contributed by atoms with Gasteiger partial charge in [-0.3, -0.25) is 16.0 Å². The Bertz CT molecular complexity index is 630. The number of nitrogens with one attached hydrogen (secondary N) is 2. The van der Waals surface area contributed by atoms with Gasteiger partial charge in [-0.2, -0.15) is 0 Å². The van der Waals surface area contributed by atoms with Crippen molar-refractivity contribution in [2.45, 2.75) is 32.1 Å². The first kappa shape index (κ1) is 17.3. The molecule has 0 saturated carbocycles. The molecule has 0 amide bonds. The van der Waals surface area contributed by atoms with Crippen molar-refractivity contribution < 1.29 is 13.3 Å². The molecular weight excluding hydrogens is 296 g/mol. The summed E-state index contributed by atoms with van der Waals surface area (Å²) in [6, 6.07) is 2.36. The number of anilines is 1. The molecule has 118 valence electrons. The Labute approximate surface area is 123 Å². The summed E-state index contributed by atoms with van der Waals surface area (Å²) in [6.45, 7) is 5.71. The number of nitrogen functional groups attached to an aromatic ring is 1. The predicted octanol–water partition coefficient (Wildman–Crippen LogP) is 1.51. The van der Waals surface area contributed by atoms with Gasteiger partial charge in [-0.05, 0) is 24.5 Å². The van der Waals surface area contributed by atoms with Crippen LogP contribution in [0.5, 0.6) is 0 Å². The average Bonchev–Trinajstić information content (AvgIpc) is 2.43. The number of hydrazine groups is 1. The molecule has 0 aliphatic carbocycles. The molecule has 8 nitrogen and oxygen atoms in total. The quantitative estimate of drug-likeness (QED) is 0.397. The minimum absolute atomic E-state index is 0.0679. The van der Waals surface area contributed by atoms with E-state index in [1.807, 2.05) is 13.8 Å². The molecule has 0 aliphatic rings. The summed E-state index contributed by atoms with van der Waals surface area (Å²) in [5.41, 5.74) is 2.26. The zero-order valence-electron chi connectivity index (χ0n) is 12.2. The Morgan fingerprint density at radius 3 is 2.52 bits per heavy atom. The van der Waals surface area contributed by atoms with Gasteiger partial charge in [-0.25, -0.2) is 13.1 Å². The highest BCUT2D eigenvalue weighted by molar-refractivity contribution is 7.89. The van der Waals surface area contributed by atoms with Crippen LogP contribution in [0.3, 0.4) is 0 Å². The Morgan fingerprint density at radius 2 is 2.05 bits per heavy atom. The van der Waals surface area contributed by atoms with Crippen LogP contribution in [0.4, 0.5) is 11.4 Å². The monoisotopic (exact) mass is 316 g/mol. The second kappa shape index (κ2) is 6.83. The van der Waals surface area contributed by atoms with Crippen LogP contribution in [0.2, 0.25) is 0 Å². The SMILES string of the molecule is CCC(C)CNS(=O)(=O)c1cc([N+](=O)[O-])c(NN)cc1C. The van der Waals surface area contributed by atoms with Gasteiger partial charge in [-0.15, -0.1) is 0 Å². The standard InChI is InChI=1S/C12H20N4O4S/c1-4-8(2)7-14-21(19,20)12-6-11(16(17)18)10(15-13)5-9(12)3/h5-6,8,14-15H,4,7,13H2,1-3H3. The van der Waals surface area contributed by atoms with Gasteiger partial charge in [0.25, 0.3) is 5.69 Å². The van der Waals surface area contributed by atoms with Crippen LogP contribution < -0.4 is 16.0 Å². The average molecular weight is 316 g/mol. The summed E-state index contributed by atoms with van der Waals surface area (Å²) < 4.78 is 27.0. The number of hydrogen-bond donors (Lipinski definition) is 3. The summed E-state index contributed by atoms with van der Waals surface area (Å²) in [5, 5.41) is 11.0. The van der Waals surface area contributed by atoms with E-state index in [9.17, 15) is 18.5 Å². The number of nitrogens with zero attached hydrogens (tertiary/aromatic N) is 1. The second-order valence-corrected chi connectivity index (χ2v) is 6.64. The van der Waals surface area contributed by atoms with Crippen LogP contribution >= 0.6 is 0 Å². The summed E-state index contributed by atoms with van der Waals surface area (Å²) in [5.74, 6) is 5.39. The normalized spacial score (nSPS) is 13.0. The molecule has 1 aromatic rings. The molecule has 1 rings (SSSR count). The summed E-state index contributed by atoms with van der Waals surface area (Å²) in [4.78, 5) is 10.2. The molecule has 21 heavy (non-hydrogen) atoms. The number of sulfonamides is 1. The van der Waals surface area contributed by atoms with E-state index in [1.54, 1.807) is 6.92 Å². The van der Waals surface area contributed by atoms with Crippen molar-refractivity contribution in [2.24, 2.45) is 11.8 Å². The second-order valence-electron chi connectivity index (χ2n) is 4.90. The molecule has 4 N–H and O–H groups in total. The van der Waals surface area contributed by atoms with Gasteiger partial charge >= 0.3 is 0 Å². The highest BCUT2D eigenvalue weighted by atomic mass is 32.2. The third-order valence-electron chi connectivity index (χ3n) is 3.25. The van der Waals surface area contributed by atoms with Gasteiger partial charge < -0.3 is 5.43 Å². The first-order valence-electron chi connectivity index (χ1n) is 6.48. The van der Waals surface area contributed by atoms with Gasteiger partial charge in [0, 0.05) is 12.6 Å². The predicted molar refractivity (Wildman–Crippen MR) is 80.3 cm³/mol. The number of nitrogens with two attached hydrogens (primary N) is 1. The highest BCUT2D eigenvalue weighted by Gasteiger charge is 2.24. The molecule has 0 saturated heterocycles. The third kappa shape index (κ3) is 4.13. The highest BCUT2D eigenvalue weighted by Crippen LogP contribution is 2.29. The molecule has 1 unspecified atom stereocenters. The van der Waals surface area contributed by atoms with Crippen molar-refractivity contribution in [2.75, 3.05) is 12.0 Å². The molecule has 0 heterocycles. The van der Waals surface area contributed by atoms with E-state index in [2.05, 4.69) is 10.1 Å². The third-order valence-corrected chi connectivity index (χ3v) is 4.82. The van der Waals surface area contributed by atoms with Crippen molar-refractivity contribution >= 4 is 21.4 Å². The molecule has 1 aromatic carbocycles. The molecule has 0 radical (unpaired) electrons. The van der Waals surface area contributed by atoms with E-state index in [1.165, 1.54) is 6.07 Å². The van der Waals surface area contributed by atoms with E-state index in [4.69, 9.17) is 5.84 Å². The molecule has 1 atom stereocenters. The number of benzene rings is 1. The van der Waals surface area contributed by atoms with E-state index >= 15 is 0 Å². The maximum Gasteiger partial charge on any atom is 0.295 e. The fraction of sp³-hybridized carbons (Fsp3) is 0.500. The van der Waals surface area contributed by atoms with E-state index in [-0.39, 0.29) is 28.7 Å². The smallest absolute Gasteiger partial charge is 0.295 e. The van der Waals surface area contributed by atoms with Gasteiger partial charge in [0.15, 0.2) is 0 Å². The van der Waals surface area contributed by atoms with E-state index in [0.29, 0.717) is 5.56 Å². The first-order chi connectivity index (χ1) is 9.72. The van der Waals surface area contributed by atoms with E-state index < -0.39 is 14.9 Å². The number of nitro benzene ring substituents is 1. The largest absolute Gasteiger partial charge is 0.318 e. The lowest BCUT2D eigenvalue weighted by atomic mass is 10.1. The van der Waals surface area contributed by atoms with Gasteiger partial charge in [0.1, 0.15) is 5.69 Å². The minimum Gasteiger partial charge on any atom is -0.318 e. The fourth-order valence-electron chi connectivity index (χ4n) is 1.71. The van der Waals surface area contributed by atoms with Crippen LogP contribution in [-0.4, -0.2) is 19.9 Å². The topological polar surface area (TPSA) is 127 Å². The summed E-state index contributed by atoms with van der Waals surface area (Å²) in [6.07, 6.45) is 0.831. The van der Waals surface area contributed by atoms with Crippen LogP contribution in [-0.2, 0) is 10.0 Å². The zero-order chi connectivity index (χ0) is 16.2. The van der Waals surface area contributed by atoms with Crippen LogP contribution in [0.1, 0.15) is 25.8 Å². The molecule has 0 aromatic heterocycles. The van der Waals surface area contributed by atoms with Crippen molar-refractivity contribution in [1.29, 1.82) is 0 Å². The molecule has 0 bridgehead atoms. The number of aryl methyl sites for hydroxylation is 1. The Hall–Kier alpha value is -1.71. The van der Waals surface area contributed by atoms with Gasteiger partial charge in [0.2, 0.25) is 10.0 Å². The summed E-state index contributed by atoms with van der Waals surface area (Å²) >= 11 is 0. The van der Waals surface area contributed by atoms with Crippen molar-refractivity contribution in [3.05, 3.63) is 27.8 Å². The number of rotatable bonds is 7. The lowest BCUT2D eigenvalue weighted by Crippen LogP contribution is -2.29. The summed E-state index contributed by atoms with van der Waals surface area (Å²) in [7, 11) is -3.80. The lowest BCUT2D eigenvalue weighted by Gasteiger charge is -2.13. The number of hydrogen-bond acceptors (Lipinski definition) is 6. The maximum absolute atomic E-state index is 12.3.